The first kappa shape index (κ1) is 19.4. The van der Waals surface area contributed by atoms with Crippen LogP contribution in [0.1, 0.15) is 36.1 Å². The van der Waals surface area contributed by atoms with E-state index in [0.29, 0.717) is 0 Å². The molecule has 0 atom stereocenters. The molecule has 0 bridgehead atoms. The van der Waals surface area contributed by atoms with Crippen molar-refractivity contribution in [2.75, 3.05) is 0 Å². The fourth-order valence-electron chi connectivity index (χ4n) is 2.63. The molecule has 0 radical (unpaired) electrons. The molecule has 24 heavy (non-hydrogen) atoms. The van der Waals surface area contributed by atoms with Crippen molar-refractivity contribution in [3.63, 3.8) is 0 Å². The second kappa shape index (κ2) is 10.2. The lowest BCUT2D eigenvalue weighted by Gasteiger charge is -2.11. The van der Waals surface area contributed by atoms with Gasteiger partial charge in [-0.05, 0) is 49.9 Å². The highest BCUT2D eigenvalue weighted by molar-refractivity contribution is 5.81. The van der Waals surface area contributed by atoms with Gasteiger partial charge in [-0.1, -0.05) is 97.1 Å². The maximum Gasteiger partial charge on any atom is -0.0105 e. The Morgan fingerprint density at radius 3 is 2.00 bits per heavy atom. The average molecular weight is 316 g/mol. The van der Waals surface area contributed by atoms with E-state index >= 15 is 0 Å². The van der Waals surface area contributed by atoms with Gasteiger partial charge in [0.25, 0.3) is 0 Å². The van der Waals surface area contributed by atoms with E-state index in [1.54, 1.807) is 6.08 Å². The molecule has 0 N–H and O–H groups in total. The summed E-state index contributed by atoms with van der Waals surface area (Å²) in [6, 6.07) is 13.1. The van der Waals surface area contributed by atoms with Crippen molar-refractivity contribution >= 4 is 12.2 Å². The highest BCUT2D eigenvalue weighted by Gasteiger charge is 2.06. The number of aryl methyl sites for hydroxylation is 2. The Hall–Kier alpha value is -2.60. The monoisotopic (exact) mass is 316 g/mol. The number of hydrogen-bond acceptors (Lipinski definition) is 0. The quantitative estimate of drug-likeness (QED) is 0.516. The minimum Gasteiger partial charge on any atom is -0.0991 e. The first-order valence-electron chi connectivity index (χ1n) is 8.27. The van der Waals surface area contributed by atoms with E-state index in [2.05, 4.69) is 75.6 Å². The molecule has 0 amide bonds. The third-order valence-electron chi connectivity index (χ3n) is 3.55. The zero-order valence-electron chi connectivity index (χ0n) is 15.3. The summed E-state index contributed by atoms with van der Waals surface area (Å²) >= 11 is 0. The predicted molar refractivity (Wildman–Crippen MR) is 111 cm³/mol. The van der Waals surface area contributed by atoms with E-state index in [-0.39, 0.29) is 0 Å². The molecule has 0 aromatic heterocycles. The molecular weight excluding hydrogens is 288 g/mol. The van der Waals surface area contributed by atoms with Crippen LogP contribution in [0.5, 0.6) is 0 Å². The van der Waals surface area contributed by atoms with E-state index in [9.17, 15) is 0 Å². The molecule has 0 aliphatic heterocycles. The molecule has 0 saturated carbocycles. The van der Waals surface area contributed by atoms with E-state index in [0.717, 1.165) is 0 Å². The topological polar surface area (TPSA) is 0 Å². The largest absolute Gasteiger partial charge is 0.0991 e. The summed E-state index contributed by atoms with van der Waals surface area (Å²) in [7, 11) is 0. The molecule has 0 nitrogen and oxygen atoms in total. The van der Waals surface area contributed by atoms with Crippen LogP contribution >= 0.6 is 0 Å². The van der Waals surface area contributed by atoms with Gasteiger partial charge in [-0.3, -0.25) is 0 Å². The summed E-state index contributed by atoms with van der Waals surface area (Å²) in [5.74, 6) is 0. The van der Waals surface area contributed by atoms with Gasteiger partial charge >= 0.3 is 0 Å². The summed E-state index contributed by atoms with van der Waals surface area (Å²) in [4.78, 5) is 0. The van der Waals surface area contributed by atoms with Crippen LogP contribution in [0, 0.1) is 13.8 Å². The van der Waals surface area contributed by atoms with Gasteiger partial charge in [0.05, 0.1) is 0 Å². The van der Waals surface area contributed by atoms with Gasteiger partial charge < -0.3 is 0 Å². The second-order valence-electron chi connectivity index (χ2n) is 5.65. The smallest absolute Gasteiger partial charge is 0.0105 e. The van der Waals surface area contributed by atoms with Crippen LogP contribution in [0.3, 0.4) is 0 Å². The van der Waals surface area contributed by atoms with Crippen molar-refractivity contribution in [3.05, 3.63) is 96.1 Å². The molecule has 0 aliphatic carbocycles. The van der Waals surface area contributed by atoms with E-state index < -0.39 is 0 Å². The van der Waals surface area contributed by atoms with Crippen LogP contribution in [0.2, 0.25) is 0 Å². The molecule has 2 aromatic carbocycles. The van der Waals surface area contributed by atoms with Crippen LogP contribution in [0.4, 0.5) is 0 Å². The first-order chi connectivity index (χ1) is 11.6. The van der Waals surface area contributed by atoms with E-state index in [4.69, 9.17) is 0 Å². The lowest BCUT2D eigenvalue weighted by Crippen LogP contribution is -1.89. The zero-order valence-corrected chi connectivity index (χ0v) is 15.3. The molecule has 2 rings (SSSR count). The molecule has 0 fully saturated rings. The molecule has 0 spiro atoms. The molecule has 0 aliphatic rings. The maximum atomic E-state index is 3.91. The summed E-state index contributed by atoms with van der Waals surface area (Å²) in [5, 5.41) is 0. The van der Waals surface area contributed by atoms with Crippen molar-refractivity contribution in [3.8, 4) is 11.1 Å². The van der Waals surface area contributed by atoms with Crippen molar-refractivity contribution < 1.29 is 0 Å². The Kier molecular flexibility index (Phi) is 8.29. The minimum absolute atomic E-state index is 1.18. The van der Waals surface area contributed by atoms with Crippen LogP contribution in [-0.2, 0) is 0 Å². The van der Waals surface area contributed by atoms with Gasteiger partial charge in [0.1, 0.15) is 0 Å². The average Bonchev–Trinajstić information content (AvgIpc) is 2.55. The number of rotatable bonds is 4. The Bertz CT molecular complexity index is 722. The molecule has 124 valence electrons. The zero-order chi connectivity index (χ0) is 17.9. The predicted octanol–water partition coefficient (Wildman–Crippen LogP) is 7.40. The fourth-order valence-corrected chi connectivity index (χ4v) is 2.63. The highest BCUT2D eigenvalue weighted by Crippen LogP contribution is 2.29. The lowest BCUT2D eigenvalue weighted by atomic mass is 9.93. The molecule has 0 unspecified atom stereocenters. The van der Waals surface area contributed by atoms with E-state index in [1.165, 1.54) is 33.4 Å². The van der Waals surface area contributed by atoms with Crippen molar-refractivity contribution in [1.82, 2.24) is 0 Å². The summed E-state index contributed by atoms with van der Waals surface area (Å²) in [6.07, 6.45) is 11.7. The highest BCUT2D eigenvalue weighted by atomic mass is 14.1. The normalized spacial score (nSPS) is 10.5. The summed E-state index contributed by atoms with van der Waals surface area (Å²) < 4.78 is 0. The van der Waals surface area contributed by atoms with Crippen LogP contribution in [-0.4, -0.2) is 0 Å². The maximum absolute atomic E-state index is 3.91. The van der Waals surface area contributed by atoms with Gasteiger partial charge in [-0.15, -0.1) is 0 Å². The van der Waals surface area contributed by atoms with Crippen LogP contribution in [0.15, 0.2) is 73.9 Å². The number of hydrogen-bond donors (Lipinski definition) is 0. The molecule has 2 aromatic rings. The standard InChI is InChI=1S/C19H20.C5H8/c1-5-8-18-16(6-2)9-7-10-19(18)17-12-14(3)11-15(4)13-17;1-3-5-4-2/h5-13H,2H2,1,3-4H3;3-5H,1H2,2H3/b8-5-;5-4-. The third-order valence-corrected chi connectivity index (χ3v) is 3.55. The van der Waals surface area contributed by atoms with E-state index in [1.807, 2.05) is 32.1 Å². The molecular formula is C24H28. The fraction of sp³-hybridized carbons (Fsp3) is 0.167. The van der Waals surface area contributed by atoms with Crippen LogP contribution < -0.4 is 0 Å². The Morgan fingerprint density at radius 2 is 1.54 bits per heavy atom. The van der Waals surface area contributed by atoms with Gasteiger partial charge in [-0.2, -0.15) is 0 Å². The molecule has 0 heterocycles. The van der Waals surface area contributed by atoms with Crippen molar-refractivity contribution in [2.45, 2.75) is 27.7 Å². The third kappa shape index (κ3) is 5.55. The number of allylic oxidation sites excluding steroid dienone is 4. The first-order valence-corrected chi connectivity index (χ1v) is 8.27. The van der Waals surface area contributed by atoms with Crippen molar-refractivity contribution in [2.24, 2.45) is 0 Å². The lowest BCUT2D eigenvalue weighted by molar-refractivity contribution is 1.38. The Labute approximate surface area is 147 Å². The summed E-state index contributed by atoms with van der Waals surface area (Å²) in [5.41, 5.74) is 7.55. The molecule has 0 saturated heterocycles. The Morgan fingerprint density at radius 1 is 0.875 bits per heavy atom. The van der Waals surface area contributed by atoms with Gasteiger partial charge in [0, 0.05) is 0 Å². The van der Waals surface area contributed by atoms with Gasteiger partial charge in [-0.25, -0.2) is 0 Å². The minimum atomic E-state index is 1.18. The molecule has 0 heteroatoms. The van der Waals surface area contributed by atoms with Crippen molar-refractivity contribution in [1.29, 1.82) is 0 Å². The van der Waals surface area contributed by atoms with Gasteiger partial charge in [0.2, 0.25) is 0 Å². The van der Waals surface area contributed by atoms with Crippen LogP contribution in [0.25, 0.3) is 23.3 Å². The second-order valence-corrected chi connectivity index (χ2v) is 5.65. The SMILES string of the molecule is C=C/C=C\C.C=Cc1cccc(-c2cc(C)cc(C)c2)c1/C=C\C. The Balaban J connectivity index is 0.000000505. The summed E-state index contributed by atoms with van der Waals surface area (Å²) in [6.45, 7) is 15.7. The van der Waals surface area contributed by atoms with Gasteiger partial charge in [0.15, 0.2) is 0 Å². The number of benzene rings is 2.